The smallest absolute Gasteiger partial charge is 0.198 e. The van der Waals surface area contributed by atoms with Crippen molar-refractivity contribution in [2.75, 3.05) is 5.73 Å². The number of aromatic nitrogens is 2. The van der Waals surface area contributed by atoms with Crippen LogP contribution in [-0.4, -0.2) is 9.97 Å². The topological polar surface area (TPSA) is 54.7 Å². The fraction of sp³-hybridized carbons (Fsp3) is 0.125. The number of H-pyrrole nitrogens is 1. The number of hydrogen-bond acceptors (Lipinski definition) is 2. The van der Waals surface area contributed by atoms with E-state index >= 15 is 0 Å². The Morgan fingerprint density at radius 2 is 2.31 bits per heavy atom. The molecule has 2 rings (SSSR count). The fourth-order valence-corrected chi connectivity index (χ4v) is 2.36. The highest BCUT2D eigenvalue weighted by Crippen LogP contribution is 2.22. The van der Waals surface area contributed by atoms with Gasteiger partial charge in [-0.05, 0) is 40.3 Å². The number of anilines is 1. The lowest BCUT2D eigenvalue weighted by Crippen LogP contribution is -1.84. The van der Waals surface area contributed by atoms with Gasteiger partial charge in [0.1, 0.15) is 5.52 Å². The maximum Gasteiger partial charge on any atom is 0.198 e. The number of benzene rings is 1. The molecule has 2 aromatic rings. The van der Waals surface area contributed by atoms with E-state index in [-0.39, 0.29) is 0 Å². The number of rotatable bonds is 1. The number of nitrogens with one attached hydrogen (secondary N) is 1. The molecule has 0 saturated heterocycles. The molecule has 0 aliphatic rings. The number of fused-ring (bicyclic) bond motifs is 1. The lowest BCUT2D eigenvalue weighted by atomic mass is 10.2. The van der Waals surface area contributed by atoms with Crippen LogP contribution in [-0.2, 0) is 5.33 Å². The first-order valence-corrected chi connectivity index (χ1v) is 5.90. The third-order valence-electron chi connectivity index (χ3n) is 1.77. The van der Waals surface area contributed by atoms with Gasteiger partial charge >= 0.3 is 0 Å². The Hall–Kier alpha value is -0.300. The van der Waals surface area contributed by atoms with Crippen LogP contribution in [0.5, 0.6) is 0 Å². The molecule has 1 heterocycles. The van der Waals surface area contributed by atoms with E-state index in [1.807, 2.05) is 0 Å². The summed E-state index contributed by atoms with van der Waals surface area (Å²) in [5.74, 6) is 0.472. The van der Waals surface area contributed by atoms with Crippen molar-refractivity contribution in [1.82, 2.24) is 9.97 Å². The summed E-state index contributed by atoms with van der Waals surface area (Å²) in [5.41, 5.74) is 8.74. The molecule has 0 aliphatic carbocycles. The zero-order valence-corrected chi connectivity index (χ0v) is 10.4. The van der Waals surface area contributed by atoms with E-state index in [0.717, 1.165) is 19.9 Å². The molecule has 0 unspecified atom stereocenters. The Balaban J connectivity index is 2.75. The van der Waals surface area contributed by atoms with Gasteiger partial charge in [-0.1, -0.05) is 15.9 Å². The minimum Gasteiger partial charge on any atom is -0.369 e. The molecule has 0 aliphatic heterocycles. The number of nitrogen functional groups attached to an aromatic ring is 1. The molecule has 0 radical (unpaired) electrons. The Bertz CT molecular complexity index is 452. The summed E-state index contributed by atoms with van der Waals surface area (Å²) in [6.45, 7) is 0. The standard InChI is InChI=1S/C8H7BrIN3/c9-3-4-1-5(10)7-6(2-4)12-8(11)13-7/h1-2H,3H2,(H3,11,12,13). The Kier molecular flexibility index (Phi) is 2.46. The predicted octanol–water partition coefficient (Wildman–Crippen LogP) is 2.64. The normalized spacial score (nSPS) is 10.9. The third kappa shape index (κ3) is 1.67. The average Bonchev–Trinajstić information content (AvgIpc) is 2.46. The number of halogens is 2. The molecule has 0 amide bonds. The molecule has 13 heavy (non-hydrogen) atoms. The predicted molar refractivity (Wildman–Crippen MR) is 65.9 cm³/mol. The lowest BCUT2D eigenvalue weighted by Gasteiger charge is -1.97. The van der Waals surface area contributed by atoms with Crippen LogP contribution in [0, 0.1) is 3.57 Å². The van der Waals surface area contributed by atoms with Crippen molar-refractivity contribution in [3.05, 3.63) is 21.3 Å². The first-order valence-electron chi connectivity index (χ1n) is 3.70. The number of nitrogens with zero attached hydrogens (tertiary/aromatic N) is 1. The van der Waals surface area contributed by atoms with E-state index in [1.165, 1.54) is 5.56 Å². The van der Waals surface area contributed by atoms with Crippen molar-refractivity contribution in [2.24, 2.45) is 0 Å². The van der Waals surface area contributed by atoms with Crippen LogP contribution in [0.25, 0.3) is 11.0 Å². The summed E-state index contributed by atoms with van der Waals surface area (Å²) in [4.78, 5) is 7.20. The zero-order chi connectivity index (χ0) is 9.42. The highest BCUT2D eigenvalue weighted by Gasteiger charge is 2.05. The van der Waals surface area contributed by atoms with Crippen molar-refractivity contribution in [2.45, 2.75) is 5.33 Å². The Labute approximate surface area is 97.4 Å². The van der Waals surface area contributed by atoms with E-state index in [9.17, 15) is 0 Å². The molecule has 3 N–H and O–H groups in total. The average molecular weight is 352 g/mol. The SMILES string of the molecule is Nc1nc2c(I)cc(CBr)cc2[nH]1. The minimum atomic E-state index is 0.472. The van der Waals surface area contributed by atoms with Gasteiger partial charge in [0.25, 0.3) is 0 Å². The minimum absolute atomic E-state index is 0.472. The molecule has 1 aromatic carbocycles. The van der Waals surface area contributed by atoms with Gasteiger partial charge in [-0.25, -0.2) is 4.98 Å². The van der Waals surface area contributed by atoms with E-state index in [2.05, 4.69) is 60.6 Å². The first-order chi connectivity index (χ1) is 6.20. The van der Waals surface area contributed by atoms with Crippen LogP contribution in [0.2, 0.25) is 0 Å². The fourth-order valence-electron chi connectivity index (χ4n) is 1.23. The van der Waals surface area contributed by atoms with Crippen molar-refractivity contribution >= 4 is 55.5 Å². The second kappa shape index (κ2) is 3.45. The van der Waals surface area contributed by atoms with E-state index < -0.39 is 0 Å². The molecule has 0 bridgehead atoms. The van der Waals surface area contributed by atoms with Gasteiger partial charge in [0.2, 0.25) is 0 Å². The largest absolute Gasteiger partial charge is 0.369 e. The van der Waals surface area contributed by atoms with Crippen LogP contribution in [0.15, 0.2) is 12.1 Å². The van der Waals surface area contributed by atoms with E-state index in [4.69, 9.17) is 5.73 Å². The second-order valence-electron chi connectivity index (χ2n) is 2.73. The Morgan fingerprint density at radius 3 is 3.00 bits per heavy atom. The highest BCUT2D eigenvalue weighted by atomic mass is 127. The third-order valence-corrected chi connectivity index (χ3v) is 3.24. The molecule has 68 valence electrons. The summed E-state index contributed by atoms with van der Waals surface area (Å²) in [6.07, 6.45) is 0. The van der Waals surface area contributed by atoms with E-state index in [1.54, 1.807) is 0 Å². The van der Waals surface area contributed by atoms with Gasteiger partial charge in [0.15, 0.2) is 5.95 Å². The van der Waals surface area contributed by atoms with Crippen LogP contribution in [0.1, 0.15) is 5.56 Å². The number of alkyl halides is 1. The monoisotopic (exact) mass is 351 g/mol. The van der Waals surface area contributed by atoms with Crippen LogP contribution in [0.3, 0.4) is 0 Å². The Morgan fingerprint density at radius 1 is 1.54 bits per heavy atom. The van der Waals surface area contributed by atoms with Gasteiger partial charge in [-0.15, -0.1) is 0 Å². The molecule has 3 nitrogen and oxygen atoms in total. The number of imidazole rings is 1. The van der Waals surface area contributed by atoms with Gasteiger partial charge in [-0.2, -0.15) is 0 Å². The van der Waals surface area contributed by atoms with E-state index in [0.29, 0.717) is 5.95 Å². The van der Waals surface area contributed by atoms with Crippen molar-refractivity contribution in [3.63, 3.8) is 0 Å². The summed E-state index contributed by atoms with van der Waals surface area (Å²) in [6, 6.07) is 4.15. The van der Waals surface area contributed by atoms with Crippen molar-refractivity contribution in [1.29, 1.82) is 0 Å². The summed E-state index contributed by atoms with van der Waals surface area (Å²) < 4.78 is 1.12. The van der Waals surface area contributed by atoms with Crippen molar-refractivity contribution < 1.29 is 0 Å². The molecule has 0 spiro atoms. The second-order valence-corrected chi connectivity index (χ2v) is 4.45. The number of hydrogen-bond donors (Lipinski definition) is 2. The lowest BCUT2D eigenvalue weighted by molar-refractivity contribution is 1.35. The number of nitrogens with two attached hydrogens (primary N) is 1. The quantitative estimate of drug-likeness (QED) is 0.613. The first kappa shape index (κ1) is 9.26. The molecular formula is C8H7BrIN3. The van der Waals surface area contributed by atoms with Crippen LogP contribution < -0.4 is 5.73 Å². The zero-order valence-electron chi connectivity index (χ0n) is 6.64. The van der Waals surface area contributed by atoms with Gasteiger partial charge < -0.3 is 10.7 Å². The van der Waals surface area contributed by atoms with Gasteiger partial charge in [0.05, 0.1) is 5.52 Å². The molecule has 0 saturated carbocycles. The maximum absolute atomic E-state index is 5.57. The molecule has 5 heteroatoms. The summed E-state index contributed by atoms with van der Waals surface area (Å²) in [7, 11) is 0. The van der Waals surface area contributed by atoms with Gasteiger partial charge in [-0.3, -0.25) is 0 Å². The molecule has 1 aromatic heterocycles. The highest BCUT2D eigenvalue weighted by molar-refractivity contribution is 14.1. The maximum atomic E-state index is 5.57. The molecular weight excluding hydrogens is 345 g/mol. The molecule has 0 atom stereocenters. The van der Waals surface area contributed by atoms with Crippen molar-refractivity contribution in [3.8, 4) is 0 Å². The van der Waals surface area contributed by atoms with Crippen LogP contribution in [0.4, 0.5) is 5.95 Å². The van der Waals surface area contributed by atoms with Gasteiger partial charge in [0, 0.05) is 8.90 Å². The summed E-state index contributed by atoms with van der Waals surface area (Å²) in [5, 5.41) is 0.845. The number of aromatic amines is 1. The van der Waals surface area contributed by atoms with Crippen LogP contribution >= 0.6 is 38.5 Å². The molecule has 0 fully saturated rings. The summed E-state index contributed by atoms with van der Waals surface area (Å²) >= 11 is 5.68.